The number of rotatable bonds is 9. The van der Waals surface area contributed by atoms with Gasteiger partial charge >= 0.3 is 12.1 Å². The molecule has 3 N–H and O–H groups in total. The second kappa shape index (κ2) is 10.9. The van der Waals surface area contributed by atoms with Crippen LogP contribution in [0.4, 0.5) is 4.79 Å². The number of carbonyl (C=O) groups excluding carboxylic acids is 2. The van der Waals surface area contributed by atoms with Crippen LogP contribution in [-0.2, 0) is 14.3 Å². The van der Waals surface area contributed by atoms with Crippen LogP contribution in [0.1, 0.15) is 68.9 Å². The molecule has 35 heavy (non-hydrogen) atoms. The molecule has 0 radical (unpaired) electrons. The van der Waals surface area contributed by atoms with Crippen molar-refractivity contribution in [1.29, 1.82) is 0 Å². The number of carboxylic acids is 1. The number of carbonyl (C=O) groups is 3. The van der Waals surface area contributed by atoms with E-state index >= 15 is 0 Å². The quantitative estimate of drug-likeness (QED) is 0.478. The Kier molecular flexibility index (Phi) is 7.73. The Hall–Kier alpha value is -3.35. The predicted molar refractivity (Wildman–Crippen MR) is 133 cm³/mol. The van der Waals surface area contributed by atoms with Crippen molar-refractivity contribution in [1.82, 2.24) is 10.6 Å². The van der Waals surface area contributed by atoms with Crippen molar-refractivity contribution in [3.05, 3.63) is 59.7 Å². The van der Waals surface area contributed by atoms with Crippen LogP contribution in [0, 0.1) is 5.41 Å². The molecule has 0 bridgehead atoms. The third-order valence-electron chi connectivity index (χ3n) is 7.46. The lowest BCUT2D eigenvalue weighted by Gasteiger charge is -2.37. The van der Waals surface area contributed by atoms with Gasteiger partial charge in [-0.15, -0.1) is 0 Å². The highest BCUT2D eigenvalue weighted by Gasteiger charge is 2.41. The van der Waals surface area contributed by atoms with E-state index in [4.69, 9.17) is 9.84 Å². The van der Waals surface area contributed by atoms with Crippen LogP contribution in [0.3, 0.4) is 0 Å². The number of fused-ring (bicyclic) bond motifs is 3. The van der Waals surface area contributed by atoms with Crippen LogP contribution in [0.15, 0.2) is 48.5 Å². The Morgan fingerprint density at radius 1 is 1.00 bits per heavy atom. The van der Waals surface area contributed by atoms with Crippen LogP contribution in [0.5, 0.6) is 0 Å². The molecule has 0 spiro atoms. The zero-order valence-electron chi connectivity index (χ0n) is 20.2. The molecule has 1 unspecified atom stereocenters. The highest BCUT2D eigenvalue weighted by Crippen LogP contribution is 2.44. The number of amides is 2. The van der Waals surface area contributed by atoms with Gasteiger partial charge in [-0.2, -0.15) is 0 Å². The minimum Gasteiger partial charge on any atom is -0.481 e. The fourth-order valence-electron chi connectivity index (χ4n) is 5.45. The summed E-state index contributed by atoms with van der Waals surface area (Å²) < 4.78 is 5.65. The fraction of sp³-hybridized carbons (Fsp3) is 0.464. The molecule has 186 valence electrons. The smallest absolute Gasteiger partial charge is 0.407 e. The van der Waals surface area contributed by atoms with Gasteiger partial charge in [-0.05, 0) is 41.5 Å². The lowest BCUT2D eigenvalue weighted by atomic mass is 9.73. The van der Waals surface area contributed by atoms with Gasteiger partial charge in [0, 0.05) is 18.5 Å². The number of alkyl carbamates (subject to hydrolysis) is 1. The molecule has 7 heteroatoms. The van der Waals surface area contributed by atoms with Crippen molar-refractivity contribution >= 4 is 18.0 Å². The summed E-state index contributed by atoms with van der Waals surface area (Å²) in [5.41, 5.74) is 3.89. The minimum atomic E-state index is -0.938. The monoisotopic (exact) mass is 478 g/mol. The lowest BCUT2D eigenvalue weighted by Crippen LogP contribution is -2.52. The van der Waals surface area contributed by atoms with Crippen LogP contribution in [0.25, 0.3) is 11.1 Å². The molecule has 1 atom stereocenters. The van der Waals surface area contributed by atoms with Gasteiger partial charge in [0.05, 0.1) is 11.8 Å². The van der Waals surface area contributed by atoms with Crippen molar-refractivity contribution < 1.29 is 24.2 Å². The summed E-state index contributed by atoms with van der Waals surface area (Å²) in [4.78, 5) is 37.1. The summed E-state index contributed by atoms with van der Waals surface area (Å²) in [6.45, 7) is 2.25. The van der Waals surface area contributed by atoms with Gasteiger partial charge in [0.1, 0.15) is 6.61 Å². The first kappa shape index (κ1) is 24.8. The summed E-state index contributed by atoms with van der Waals surface area (Å²) in [6, 6.07) is 15.9. The number of benzene rings is 2. The van der Waals surface area contributed by atoms with E-state index in [1.54, 1.807) is 0 Å². The number of aliphatic carboxylic acids is 1. The third-order valence-corrected chi connectivity index (χ3v) is 7.46. The molecular formula is C28H34N2O5. The van der Waals surface area contributed by atoms with Crippen LogP contribution >= 0.6 is 0 Å². The second-order valence-electron chi connectivity index (χ2n) is 9.70. The second-order valence-corrected chi connectivity index (χ2v) is 9.70. The first-order chi connectivity index (χ1) is 16.9. The molecule has 4 rings (SSSR count). The predicted octanol–water partition coefficient (Wildman–Crippen LogP) is 4.85. The Morgan fingerprint density at radius 2 is 1.60 bits per heavy atom. The summed E-state index contributed by atoms with van der Waals surface area (Å²) in [6.07, 6.45) is 4.05. The van der Waals surface area contributed by atoms with E-state index in [1.807, 2.05) is 31.2 Å². The maximum Gasteiger partial charge on any atom is 0.407 e. The van der Waals surface area contributed by atoms with Crippen LogP contribution in [-0.4, -0.2) is 42.3 Å². The molecule has 2 aromatic carbocycles. The molecule has 0 aromatic heterocycles. The average Bonchev–Trinajstić information content (AvgIpc) is 3.19. The van der Waals surface area contributed by atoms with Crippen molar-refractivity contribution in [2.45, 2.75) is 63.8 Å². The van der Waals surface area contributed by atoms with E-state index in [0.29, 0.717) is 19.3 Å². The molecule has 0 heterocycles. The van der Waals surface area contributed by atoms with Gasteiger partial charge in [0.15, 0.2) is 0 Å². The molecule has 2 aliphatic rings. The molecule has 0 aliphatic heterocycles. The van der Waals surface area contributed by atoms with Crippen molar-refractivity contribution in [2.24, 2.45) is 5.41 Å². The summed E-state index contributed by atoms with van der Waals surface area (Å²) in [7, 11) is 0. The number of ether oxygens (including phenoxy) is 1. The minimum absolute atomic E-state index is 0.0265. The van der Waals surface area contributed by atoms with Gasteiger partial charge in [0.25, 0.3) is 0 Å². The molecule has 2 aliphatic carbocycles. The normalized spacial score (nSPS) is 17.1. The van der Waals surface area contributed by atoms with E-state index in [9.17, 15) is 14.4 Å². The maximum atomic E-state index is 13.2. The Bertz CT molecular complexity index is 1030. The summed E-state index contributed by atoms with van der Waals surface area (Å²) >= 11 is 0. The van der Waals surface area contributed by atoms with Crippen molar-refractivity contribution in [3.63, 3.8) is 0 Å². The zero-order chi connectivity index (χ0) is 24.8. The van der Waals surface area contributed by atoms with Gasteiger partial charge < -0.3 is 20.5 Å². The molecular weight excluding hydrogens is 444 g/mol. The fourth-order valence-corrected chi connectivity index (χ4v) is 5.45. The number of hydrogen-bond donors (Lipinski definition) is 3. The van der Waals surface area contributed by atoms with Crippen molar-refractivity contribution in [3.8, 4) is 11.1 Å². The first-order valence-electron chi connectivity index (χ1n) is 12.5. The van der Waals surface area contributed by atoms with Gasteiger partial charge in [0.2, 0.25) is 5.91 Å². The third kappa shape index (κ3) is 5.50. The molecule has 2 amide bonds. The van der Waals surface area contributed by atoms with Crippen LogP contribution in [0.2, 0.25) is 0 Å². The SMILES string of the molecule is CCC(CC(=O)O)NC(=O)C1(CNC(=O)OCC2c3ccccc3-c3ccccc32)CCCCC1. The zero-order valence-corrected chi connectivity index (χ0v) is 20.2. The van der Waals surface area contributed by atoms with E-state index in [2.05, 4.69) is 34.9 Å². The number of hydrogen-bond acceptors (Lipinski definition) is 4. The first-order valence-corrected chi connectivity index (χ1v) is 12.5. The van der Waals surface area contributed by atoms with Gasteiger partial charge in [-0.25, -0.2) is 4.79 Å². The number of carboxylic acid groups (broad SMARTS) is 1. The molecule has 0 saturated heterocycles. The standard InChI is InChI=1S/C28H34N2O5/c1-2-19(16-25(31)32)30-26(33)28(14-8-3-9-15-28)18-29-27(34)35-17-24-22-12-6-4-10-20(22)21-11-5-7-13-23(21)24/h4-7,10-13,19,24H,2-3,8-9,14-18H2,1H3,(H,29,34)(H,30,33)(H,31,32). The highest BCUT2D eigenvalue weighted by molar-refractivity contribution is 5.84. The highest BCUT2D eigenvalue weighted by atomic mass is 16.5. The largest absolute Gasteiger partial charge is 0.481 e. The Labute approximate surface area is 206 Å². The molecule has 7 nitrogen and oxygen atoms in total. The van der Waals surface area contributed by atoms with E-state index in [-0.39, 0.29) is 31.4 Å². The van der Waals surface area contributed by atoms with E-state index in [1.165, 1.54) is 11.1 Å². The lowest BCUT2D eigenvalue weighted by molar-refractivity contribution is -0.138. The summed E-state index contributed by atoms with van der Waals surface area (Å²) in [5, 5.41) is 14.9. The molecule has 1 saturated carbocycles. The van der Waals surface area contributed by atoms with Gasteiger partial charge in [-0.1, -0.05) is 74.7 Å². The topological polar surface area (TPSA) is 105 Å². The number of nitrogens with one attached hydrogen (secondary N) is 2. The van der Waals surface area contributed by atoms with Crippen molar-refractivity contribution in [2.75, 3.05) is 13.2 Å². The van der Waals surface area contributed by atoms with Gasteiger partial charge in [-0.3, -0.25) is 9.59 Å². The Morgan fingerprint density at radius 3 is 2.17 bits per heavy atom. The molecule has 2 aromatic rings. The maximum absolute atomic E-state index is 13.2. The summed E-state index contributed by atoms with van der Waals surface area (Å²) in [5.74, 6) is -1.14. The Balaban J connectivity index is 1.38. The van der Waals surface area contributed by atoms with E-state index in [0.717, 1.165) is 30.4 Å². The van der Waals surface area contributed by atoms with E-state index < -0.39 is 23.5 Å². The average molecular weight is 479 g/mol. The van der Waals surface area contributed by atoms with Crippen LogP contribution < -0.4 is 10.6 Å². The molecule has 1 fully saturated rings.